The van der Waals surface area contributed by atoms with Crippen LogP contribution in [0.4, 0.5) is 0 Å². The molecule has 2 aromatic rings. The molecule has 0 amide bonds. The average Bonchev–Trinajstić information content (AvgIpc) is 2.87. The van der Waals surface area contributed by atoms with E-state index in [1.807, 2.05) is 20.8 Å². The summed E-state index contributed by atoms with van der Waals surface area (Å²) in [5, 5.41) is 58.8. The Kier molecular flexibility index (Phi) is 4.32. The Labute approximate surface area is 197 Å². The highest BCUT2D eigenvalue weighted by Gasteiger charge is 2.81. The van der Waals surface area contributed by atoms with Crippen LogP contribution in [0.5, 0.6) is 0 Å². The van der Waals surface area contributed by atoms with E-state index in [1.54, 1.807) is 18.2 Å². The van der Waals surface area contributed by atoms with Crippen molar-refractivity contribution in [3.63, 3.8) is 0 Å². The van der Waals surface area contributed by atoms with Gasteiger partial charge in [0.1, 0.15) is 11.5 Å². The van der Waals surface area contributed by atoms with Crippen LogP contribution >= 0.6 is 11.6 Å². The summed E-state index contributed by atoms with van der Waals surface area (Å²) in [6, 6.07) is 5.13. The molecule has 1 aromatic carbocycles. The van der Waals surface area contributed by atoms with Gasteiger partial charge >= 0.3 is 0 Å². The first-order valence-electron chi connectivity index (χ1n) is 11.8. The smallest absolute Gasteiger partial charge is 0.204 e. The first-order valence-corrected chi connectivity index (χ1v) is 12.2. The van der Waals surface area contributed by atoms with Crippen molar-refractivity contribution in [1.29, 1.82) is 0 Å². The van der Waals surface area contributed by atoms with Crippen LogP contribution in [0.25, 0.3) is 11.0 Å². The van der Waals surface area contributed by atoms with E-state index in [4.69, 9.17) is 21.6 Å². The average molecular weight is 475 g/mol. The van der Waals surface area contributed by atoms with Crippen LogP contribution in [0.15, 0.2) is 18.2 Å². The number of aliphatic hydroxyl groups is 5. The second-order valence-electron chi connectivity index (χ2n) is 11.7. The lowest BCUT2D eigenvalue weighted by molar-refractivity contribution is -0.378. The van der Waals surface area contributed by atoms with Crippen LogP contribution in [0, 0.1) is 22.7 Å². The van der Waals surface area contributed by atoms with Crippen LogP contribution < -0.4 is 0 Å². The molecule has 6 rings (SSSR count). The predicted molar refractivity (Wildman–Crippen MR) is 121 cm³/mol. The topological polar surface area (TPSA) is 127 Å². The number of rotatable bonds is 0. The van der Waals surface area contributed by atoms with Crippen molar-refractivity contribution in [2.45, 2.75) is 81.9 Å². The lowest BCUT2D eigenvalue weighted by Crippen LogP contribution is -2.80. The maximum atomic E-state index is 11.8. The Hall–Kier alpha value is -1.35. The van der Waals surface area contributed by atoms with Crippen molar-refractivity contribution in [3.05, 3.63) is 34.6 Å². The molecule has 1 aromatic heterocycles. The van der Waals surface area contributed by atoms with E-state index in [0.29, 0.717) is 53.1 Å². The van der Waals surface area contributed by atoms with Gasteiger partial charge in [-0.1, -0.05) is 32.4 Å². The number of fused-ring (bicyclic) bond motifs is 6. The molecule has 3 saturated carbocycles. The van der Waals surface area contributed by atoms with Crippen molar-refractivity contribution in [2.24, 2.45) is 22.7 Å². The lowest BCUT2D eigenvalue weighted by atomic mass is 9.37. The zero-order valence-corrected chi connectivity index (χ0v) is 19.8. The summed E-state index contributed by atoms with van der Waals surface area (Å²) in [7, 11) is 0. The summed E-state index contributed by atoms with van der Waals surface area (Å²) in [6.07, 6.45) is -1.16. The van der Waals surface area contributed by atoms with Gasteiger partial charge in [-0.15, -0.1) is 0 Å². The summed E-state index contributed by atoms with van der Waals surface area (Å²) in [5.41, 5.74) is -0.961. The van der Waals surface area contributed by atoms with E-state index >= 15 is 0 Å². The van der Waals surface area contributed by atoms with Crippen molar-refractivity contribution >= 4 is 22.6 Å². The summed E-state index contributed by atoms with van der Waals surface area (Å²) in [5.74, 6) is -4.16. The summed E-state index contributed by atoms with van der Waals surface area (Å²) in [6.45, 7) is 5.98. The summed E-state index contributed by atoms with van der Waals surface area (Å²) < 4.78 is 0. The largest absolute Gasteiger partial charge is 0.393 e. The molecular weight excluding hydrogens is 444 g/mol. The number of nitrogens with zero attached hydrogens (tertiary/aromatic N) is 2. The molecule has 0 aliphatic heterocycles. The van der Waals surface area contributed by atoms with Gasteiger partial charge in [-0.25, -0.2) is 9.97 Å². The molecule has 3 fully saturated rings. The Morgan fingerprint density at radius 1 is 0.939 bits per heavy atom. The Balaban J connectivity index is 1.68. The first-order chi connectivity index (χ1) is 15.4. The number of aromatic nitrogens is 2. The van der Waals surface area contributed by atoms with E-state index in [0.717, 1.165) is 0 Å². The second-order valence-corrected chi connectivity index (χ2v) is 12.1. The monoisotopic (exact) mass is 474 g/mol. The quantitative estimate of drug-likeness (QED) is 0.370. The molecule has 2 unspecified atom stereocenters. The highest BCUT2D eigenvalue weighted by atomic mass is 35.5. The van der Waals surface area contributed by atoms with Gasteiger partial charge in [0.15, 0.2) is 0 Å². The minimum absolute atomic E-state index is 0.330. The van der Waals surface area contributed by atoms with Crippen molar-refractivity contribution in [2.75, 3.05) is 0 Å². The van der Waals surface area contributed by atoms with Crippen LogP contribution in [-0.4, -0.2) is 59.6 Å². The number of benzene rings is 1. The van der Waals surface area contributed by atoms with E-state index < -0.39 is 58.1 Å². The van der Waals surface area contributed by atoms with Gasteiger partial charge in [-0.3, -0.25) is 0 Å². The Bertz CT molecular complexity index is 1170. The molecule has 0 saturated heterocycles. The third-order valence-corrected chi connectivity index (χ3v) is 10.2. The van der Waals surface area contributed by atoms with Crippen molar-refractivity contribution in [1.82, 2.24) is 9.97 Å². The number of aliphatic hydroxyl groups excluding tert-OH is 3. The molecule has 7 nitrogen and oxygen atoms in total. The minimum Gasteiger partial charge on any atom is -0.393 e. The fraction of sp³-hybridized carbons (Fsp3) is 0.680. The molecular formula is C25H31ClN2O5. The van der Waals surface area contributed by atoms with Gasteiger partial charge in [0.2, 0.25) is 5.79 Å². The molecule has 5 N–H and O–H groups in total. The lowest BCUT2D eigenvalue weighted by Gasteiger charge is -2.70. The first kappa shape index (κ1) is 22.1. The third-order valence-electron chi connectivity index (χ3n) is 9.94. The highest BCUT2D eigenvalue weighted by Crippen LogP contribution is 2.73. The minimum atomic E-state index is -2.64. The van der Waals surface area contributed by atoms with Crippen molar-refractivity contribution in [3.8, 4) is 0 Å². The Morgan fingerprint density at radius 2 is 1.67 bits per heavy atom. The molecule has 2 bridgehead atoms. The number of hydrogen-bond acceptors (Lipinski definition) is 7. The van der Waals surface area contributed by atoms with Gasteiger partial charge in [0, 0.05) is 22.3 Å². The fourth-order valence-corrected chi connectivity index (χ4v) is 8.78. The molecule has 8 atom stereocenters. The number of hydrogen-bond donors (Lipinski definition) is 5. The third kappa shape index (κ3) is 2.34. The molecule has 33 heavy (non-hydrogen) atoms. The molecule has 4 aliphatic carbocycles. The maximum Gasteiger partial charge on any atom is 0.204 e. The van der Waals surface area contributed by atoms with Gasteiger partial charge in [0.05, 0.1) is 34.6 Å². The second kappa shape index (κ2) is 6.45. The van der Waals surface area contributed by atoms with Crippen molar-refractivity contribution < 1.29 is 25.5 Å². The van der Waals surface area contributed by atoms with Gasteiger partial charge in [0.25, 0.3) is 0 Å². The van der Waals surface area contributed by atoms with Gasteiger partial charge in [-0.05, 0) is 55.2 Å². The standard InChI is InChI=1S/C25H31ClN2O5/c1-22(2)9-8-16(29)23(3)15-7-5-12-17-19(28-13-6-4-11(26)10-14(13)27-17)24(15,20(12)30)25(32,33)21(31)18(22)23/h4,6,10,12,15-16,18,20-21,29-33H,5,7-9H2,1-3H3/t12-,15?,16-,18?,20+,21-,23+,24-/m0/s1. The Morgan fingerprint density at radius 3 is 2.39 bits per heavy atom. The molecule has 0 radical (unpaired) electrons. The molecule has 1 spiro atoms. The molecule has 8 heteroatoms. The zero-order valence-electron chi connectivity index (χ0n) is 19.0. The highest BCUT2D eigenvalue weighted by molar-refractivity contribution is 6.31. The fourth-order valence-electron chi connectivity index (χ4n) is 8.62. The van der Waals surface area contributed by atoms with Crippen LogP contribution in [-0.2, 0) is 5.41 Å². The van der Waals surface area contributed by atoms with Crippen LogP contribution in [0.3, 0.4) is 0 Å². The zero-order chi connectivity index (χ0) is 23.7. The van der Waals surface area contributed by atoms with Crippen LogP contribution in [0.2, 0.25) is 5.02 Å². The predicted octanol–water partition coefficient (Wildman–Crippen LogP) is 2.25. The SMILES string of the molecule is CC1(C)CC[C@H](O)[C@]2(C)C1[C@H](O)C(O)(O)[C@]13c4nc5ccc(Cl)cc5nc4[C@H](CCC21)[C@H]3O. The molecule has 1 heterocycles. The molecule has 4 aliphatic rings. The van der Waals surface area contributed by atoms with Gasteiger partial charge in [-0.2, -0.15) is 0 Å². The van der Waals surface area contributed by atoms with E-state index in [-0.39, 0.29) is 0 Å². The van der Waals surface area contributed by atoms with E-state index in [2.05, 4.69) is 0 Å². The summed E-state index contributed by atoms with van der Waals surface area (Å²) in [4.78, 5) is 9.62. The normalized spacial score (nSPS) is 44.8. The number of halogens is 1. The van der Waals surface area contributed by atoms with Gasteiger partial charge < -0.3 is 25.5 Å². The maximum absolute atomic E-state index is 11.8. The van der Waals surface area contributed by atoms with E-state index in [1.165, 1.54) is 0 Å². The van der Waals surface area contributed by atoms with Crippen LogP contribution in [0.1, 0.15) is 63.8 Å². The molecule has 178 valence electrons. The summed E-state index contributed by atoms with van der Waals surface area (Å²) >= 11 is 6.16. The van der Waals surface area contributed by atoms with E-state index in [9.17, 15) is 25.5 Å².